The molecule has 0 radical (unpaired) electrons. The third-order valence-electron chi connectivity index (χ3n) is 3.30. The van der Waals surface area contributed by atoms with Gasteiger partial charge in [0.05, 0.1) is 23.8 Å². The highest BCUT2D eigenvalue weighted by Gasteiger charge is 2.17. The van der Waals surface area contributed by atoms with Crippen LogP contribution in [0.5, 0.6) is 0 Å². The van der Waals surface area contributed by atoms with Gasteiger partial charge in [-0.15, -0.1) is 11.3 Å². The second kappa shape index (κ2) is 7.16. The first-order valence-electron chi connectivity index (χ1n) is 7.16. The number of hydrogen-bond donors (Lipinski definition) is 2. The van der Waals surface area contributed by atoms with Crippen LogP contribution >= 0.6 is 11.3 Å². The highest BCUT2D eigenvalue weighted by Crippen LogP contribution is 2.29. The van der Waals surface area contributed by atoms with E-state index in [2.05, 4.69) is 15.3 Å². The molecule has 122 valence electrons. The van der Waals surface area contributed by atoms with Crippen LogP contribution < -0.4 is 5.32 Å². The Bertz CT molecular complexity index is 852. The molecule has 0 bridgehead atoms. The standard InChI is InChI=1S/C16H14N4O3S/c21-9-12-10-24-15(18-12)8-17-14-7-6-13(20(22)23)16(19-14)11-4-2-1-3-5-11/h1-7,10,21H,8-9H2,(H,17,19). The predicted octanol–water partition coefficient (Wildman–Crippen LogP) is 3.22. The Labute approximate surface area is 141 Å². The summed E-state index contributed by atoms with van der Waals surface area (Å²) in [5.41, 5.74) is 1.59. The number of aliphatic hydroxyl groups excluding tert-OH is 1. The number of rotatable bonds is 6. The number of aromatic nitrogens is 2. The molecule has 0 saturated heterocycles. The minimum Gasteiger partial charge on any atom is -0.390 e. The molecule has 3 aromatic rings. The molecular formula is C16H14N4O3S. The summed E-state index contributed by atoms with van der Waals surface area (Å²) < 4.78 is 0. The molecule has 3 rings (SSSR count). The summed E-state index contributed by atoms with van der Waals surface area (Å²) in [6.07, 6.45) is 0. The van der Waals surface area contributed by atoms with Crippen LogP contribution in [-0.2, 0) is 13.2 Å². The molecule has 2 aromatic heterocycles. The summed E-state index contributed by atoms with van der Waals surface area (Å²) in [6.45, 7) is 0.341. The molecule has 1 aromatic carbocycles. The SMILES string of the molecule is O=[N+]([O-])c1ccc(NCc2nc(CO)cs2)nc1-c1ccccc1. The summed E-state index contributed by atoms with van der Waals surface area (Å²) in [7, 11) is 0. The van der Waals surface area contributed by atoms with Crippen molar-refractivity contribution in [1.29, 1.82) is 0 Å². The van der Waals surface area contributed by atoms with Crippen LogP contribution in [0.15, 0.2) is 47.8 Å². The van der Waals surface area contributed by atoms with Crippen molar-refractivity contribution in [3.63, 3.8) is 0 Å². The van der Waals surface area contributed by atoms with E-state index in [9.17, 15) is 10.1 Å². The molecule has 0 unspecified atom stereocenters. The first kappa shape index (κ1) is 16.0. The number of hydrogen-bond acceptors (Lipinski definition) is 7. The molecule has 2 heterocycles. The third-order valence-corrected chi connectivity index (χ3v) is 4.20. The van der Waals surface area contributed by atoms with E-state index in [4.69, 9.17) is 5.11 Å². The average Bonchev–Trinajstić information content (AvgIpc) is 3.08. The molecule has 24 heavy (non-hydrogen) atoms. The minimum atomic E-state index is -0.437. The van der Waals surface area contributed by atoms with Gasteiger partial charge < -0.3 is 10.4 Å². The highest BCUT2D eigenvalue weighted by atomic mass is 32.1. The third kappa shape index (κ3) is 3.55. The molecule has 0 atom stereocenters. The maximum atomic E-state index is 11.2. The number of anilines is 1. The fraction of sp³-hybridized carbons (Fsp3) is 0.125. The van der Waals surface area contributed by atoms with E-state index in [0.29, 0.717) is 29.3 Å². The molecule has 0 aliphatic carbocycles. The summed E-state index contributed by atoms with van der Waals surface area (Å²) in [4.78, 5) is 19.4. The Morgan fingerprint density at radius 1 is 1.17 bits per heavy atom. The summed E-state index contributed by atoms with van der Waals surface area (Å²) in [5.74, 6) is 0.528. The highest BCUT2D eigenvalue weighted by molar-refractivity contribution is 7.09. The second-order valence-electron chi connectivity index (χ2n) is 4.93. The molecule has 0 aliphatic rings. The van der Waals surface area contributed by atoms with Crippen molar-refractivity contribution in [2.75, 3.05) is 5.32 Å². The van der Waals surface area contributed by atoms with Gasteiger partial charge in [0.25, 0.3) is 5.69 Å². The molecular weight excluding hydrogens is 328 g/mol. The smallest absolute Gasteiger partial charge is 0.295 e. The number of aliphatic hydroxyl groups is 1. The van der Waals surface area contributed by atoms with Crippen molar-refractivity contribution >= 4 is 22.8 Å². The second-order valence-corrected chi connectivity index (χ2v) is 5.87. The van der Waals surface area contributed by atoms with Gasteiger partial charge in [0, 0.05) is 17.0 Å². The number of nitro groups is 1. The zero-order valence-electron chi connectivity index (χ0n) is 12.5. The van der Waals surface area contributed by atoms with E-state index < -0.39 is 4.92 Å². The Balaban J connectivity index is 1.85. The quantitative estimate of drug-likeness (QED) is 0.527. The molecule has 0 saturated carbocycles. The van der Waals surface area contributed by atoms with Gasteiger partial charge in [-0.05, 0) is 6.07 Å². The molecule has 0 spiro atoms. The van der Waals surface area contributed by atoms with Crippen molar-refractivity contribution in [3.8, 4) is 11.3 Å². The van der Waals surface area contributed by atoms with Crippen LogP contribution in [0, 0.1) is 10.1 Å². The topological polar surface area (TPSA) is 101 Å². The zero-order valence-corrected chi connectivity index (χ0v) is 13.4. The normalized spacial score (nSPS) is 10.5. The van der Waals surface area contributed by atoms with Crippen LogP contribution in [0.3, 0.4) is 0 Å². The van der Waals surface area contributed by atoms with E-state index in [0.717, 1.165) is 5.01 Å². The first-order valence-corrected chi connectivity index (χ1v) is 8.04. The first-order chi connectivity index (χ1) is 11.7. The van der Waals surface area contributed by atoms with Crippen molar-refractivity contribution in [2.24, 2.45) is 0 Å². The van der Waals surface area contributed by atoms with Crippen LogP contribution in [-0.4, -0.2) is 20.0 Å². The van der Waals surface area contributed by atoms with Crippen molar-refractivity contribution in [3.05, 3.63) is 68.7 Å². The minimum absolute atomic E-state index is 0.0384. The zero-order chi connectivity index (χ0) is 16.9. The fourth-order valence-electron chi connectivity index (χ4n) is 2.17. The van der Waals surface area contributed by atoms with Crippen molar-refractivity contribution < 1.29 is 10.0 Å². The van der Waals surface area contributed by atoms with Gasteiger partial charge in [-0.2, -0.15) is 0 Å². The maximum absolute atomic E-state index is 11.2. The summed E-state index contributed by atoms with van der Waals surface area (Å²) in [5, 5.41) is 26.0. The Morgan fingerprint density at radius 2 is 1.96 bits per heavy atom. The van der Waals surface area contributed by atoms with Crippen LogP contribution in [0.2, 0.25) is 0 Å². The summed E-state index contributed by atoms with van der Waals surface area (Å²) >= 11 is 1.43. The lowest BCUT2D eigenvalue weighted by atomic mass is 10.1. The number of nitrogens with zero attached hydrogens (tertiary/aromatic N) is 3. The number of thiazole rings is 1. The summed E-state index contributed by atoms with van der Waals surface area (Å²) in [6, 6.07) is 12.1. The molecule has 0 fully saturated rings. The Kier molecular flexibility index (Phi) is 4.78. The number of nitrogens with one attached hydrogen (secondary N) is 1. The van der Waals surface area contributed by atoms with Gasteiger partial charge in [-0.25, -0.2) is 9.97 Å². The van der Waals surface area contributed by atoms with E-state index in [1.54, 1.807) is 23.6 Å². The van der Waals surface area contributed by atoms with Crippen LogP contribution in [0.25, 0.3) is 11.3 Å². The molecule has 2 N–H and O–H groups in total. The monoisotopic (exact) mass is 342 g/mol. The molecule has 0 aliphatic heterocycles. The van der Waals surface area contributed by atoms with Crippen molar-refractivity contribution in [1.82, 2.24) is 9.97 Å². The van der Waals surface area contributed by atoms with Gasteiger partial charge in [0.1, 0.15) is 10.8 Å². The van der Waals surface area contributed by atoms with Gasteiger partial charge >= 0.3 is 0 Å². The van der Waals surface area contributed by atoms with Gasteiger partial charge in [-0.3, -0.25) is 10.1 Å². The lowest BCUT2D eigenvalue weighted by Gasteiger charge is -2.07. The Hall–Kier alpha value is -2.84. The van der Waals surface area contributed by atoms with E-state index in [1.807, 2.05) is 18.2 Å². The van der Waals surface area contributed by atoms with Gasteiger partial charge in [0.2, 0.25) is 0 Å². The fourth-order valence-corrected chi connectivity index (χ4v) is 2.90. The van der Waals surface area contributed by atoms with Gasteiger partial charge in [-0.1, -0.05) is 30.3 Å². The van der Waals surface area contributed by atoms with Crippen LogP contribution in [0.4, 0.5) is 11.5 Å². The van der Waals surface area contributed by atoms with E-state index >= 15 is 0 Å². The predicted molar refractivity (Wildman–Crippen MR) is 91.7 cm³/mol. The molecule has 0 amide bonds. The van der Waals surface area contributed by atoms with Crippen molar-refractivity contribution in [2.45, 2.75) is 13.2 Å². The maximum Gasteiger partial charge on any atom is 0.295 e. The Morgan fingerprint density at radius 3 is 2.62 bits per heavy atom. The van der Waals surface area contributed by atoms with Gasteiger partial charge in [0.15, 0.2) is 5.69 Å². The average molecular weight is 342 g/mol. The van der Waals surface area contributed by atoms with Crippen LogP contribution in [0.1, 0.15) is 10.7 Å². The molecule has 7 nitrogen and oxygen atoms in total. The van der Waals surface area contributed by atoms with E-state index in [1.165, 1.54) is 17.4 Å². The lowest BCUT2D eigenvalue weighted by molar-refractivity contribution is -0.384. The van der Waals surface area contributed by atoms with E-state index in [-0.39, 0.29) is 12.3 Å². The number of benzene rings is 1. The lowest BCUT2D eigenvalue weighted by Crippen LogP contribution is -2.03. The largest absolute Gasteiger partial charge is 0.390 e. The number of pyridine rings is 1. The molecule has 8 heteroatoms.